The Morgan fingerprint density at radius 1 is 1.11 bits per heavy atom. The first kappa shape index (κ1) is 21.2. The van der Waals surface area contributed by atoms with Gasteiger partial charge in [-0.3, -0.25) is 4.90 Å². The Morgan fingerprint density at radius 3 is 2.43 bits per heavy atom. The smallest absolute Gasteiger partial charge is 0.243 e. The van der Waals surface area contributed by atoms with Crippen LogP contribution >= 0.6 is 15.9 Å². The molecule has 1 fully saturated rings. The Hall–Kier alpha value is -1.52. The Balaban J connectivity index is 1.47. The van der Waals surface area contributed by atoms with E-state index < -0.39 is 21.9 Å². The first-order valence-electron chi connectivity index (χ1n) is 8.89. The van der Waals surface area contributed by atoms with Gasteiger partial charge in [0.15, 0.2) is 0 Å². The van der Waals surface area contributed by atoms with Gasteiger partial charge in [-0.1, -0.05) is 22.0 Å². The van der Waals surface area contributed by atoms with E-state index in [0.29, 0.717) is 38.5 Å². The molecule has 6 nitrogen and oxygen atoms in total. The summed E-state index contributed by atoms with van der Waals surface area (Å²) in [5.74, 6) is 0.200. The summed E-state index contributed by atoms with van der Waals surface area (Å²) in [7, 11) is -3.63. The second kappa shape index (κ2) is 9.32. The van der Waals surface area contributed by atoms with Crippen molar-refractivity contribution in [3.05, 3.63) is 58.8 Å². The Kier molecular flexibility index (Phi) is 7.05. The molecule has 152 valence electrons. The molecule has 0 aromatic heterocycles. The van der Waals surface area contributed by atoms with Gasteiger partial charge in [-0.2, -0.15) is 4.31 Å². The summed E-state index contributed by atoms with van der Waals surface area (Å²) in [4.78, 5) is 2.09. The molecule has 0 radical (unpaired) electrons. The summed E-state index contributed by atoms with van der Waals surface area (Å²) in [5.41, 5.74) is 0. The van der Waals surface area contributed by atoms with Gasteiger partial charge in [0.2, 0.25) is 10.0 Å². The van der Waals surface area contributed by atoms with E-state index in [9.17, 15) is 17.9 Å². The van der Waals surface area contributed by atoms with Crippen molar-refractivity contribution >= 4 is 26.0 Å². The average Bonchev–Trinajstić information content (AvgIpc) is 2.67. The highest BCUT2D eigenvalue weighted by atomic mass is 79.9. The van der Waals surface area contributed by atoms with Gasteiger partial charge in [0, 0.05) is 37.2 Å². The molecule has 0 amide bonds. The van der Waals surface area contributed by atoms with Gasteiger partial charge in [0.05, 0.1) is 4.90 Å². The van der Waals surface area contributed by atoms with Gasteiger partial charge in [-0.15, -0.1) is 0 Å². The second-order valence-electron chi connectivity index (χ2n) is 6.58. The van der Waals surface area contributed by atoms with Crippen molar-refractivity contribution in [3.8, 4) is 5.75 Å². The number of aliphatic hydroxyl groups is 1. The fourth-order valence-corrected chi connectivity index (χ4v) is 4.81. The average molecular weight is 473 g/mol. The third-order valence-electron chi connectivity index (χ3n) is 4.49. The predicted octanol–water partition coefficient (Wildman–Crippen LogP) is 2.33. The minimum atomic E-state index is -3.63. The molecule has 0 bridgehead atoms. The molecular weight excluding hydrogens is 451 g/mol. The number of hydrogen-bond donors (Lipinski definition) is 1. The third kappa shape index (κ3) is 5.51. The normalized spacial score (nSPS) is 17.4. The second-order valence-corrected chi connectivity index (χ2v) is 9.43. The van der Waals surface area contributed by atoms with E-state index in [1.54, 1.807) is 0 Å². The van der Waals surface area contributed by atoms with Crippen LogP contribution in [0.5, 0.6) is 5.75 Å². The molecule has 2 aromatic rings. The number of benzene rings is 2. The number of halogens is 2. The minimum absolute atomic E-state index is 0.0878. The van der Waals surface area contributed by atoms with Crippen LogP contribution in [0.25, 0.3) is 0 Å². The molecule has 0 saturated carbocycles. The molecule has 0 unspecified atom stereocenters. The van der Waals surface area contributed by atoms with Gasteiger partial charge >= 0.3 is 0 Å². The summed E-state index contributed by atoms with van der Waals surface area (Å²) in [6, 6.07) is 12.2. The molecule has 1 saturated heterocycles. The van der Waals surface area contributed by atoms with Crippen LogP contribution in [0.2, 0.25) is 0 Å². The summed E-state index contributed by atoms with van der Waals surface area (Å²) in [6.45, 7) is 2.21. The molecule has 1 aliphatic heterocycles. The van der Waals surface area contributed by atoms with Gasteiger partial charge < -0.3 is 9.84 Å². The summed E-state index contributed by atoms with van der Waals surface area (Å²) in [5, 5.41) is 10.2. The lowest BCUT2D eigenvalue weighted by Crippen LogP contribution is -2.50. The van der Waals surface area contributed by atoms with Crippen molar-refractivity contribution in [2.24, 2.45) is 0 Å². The van der Waals surface area contributed by atoms with Crippen molar-refractivity contribution in [1.82, 2.24) is 9.21 Å². The fraction of sp³-hybridized carbons (Fsp3) is 0.368. The van der Waals surface area contributed by atoms with Crippen LogP contribution in [0.15, 0.2) is 57.9 Å². The highest BCUT2D eigenvalue weighted by Gasteiger charge is 2.29. The van der Waals surface area contributed by atoms with Gasteiger partial charge in [-0.25, -0.2) is 12.8 Å². The standard InChI is InChI=1S/C19H22BrFN2O4S/c20-15-2-1-3-18(12-15)27-14-17(24)13-22-8-10-23(11-9-22)28(25,26)19-6-4-16(21)5-7-19/h1-7,12,17,24H,8-11,13-14H2/t17-/m1/s1. The zero-order chi connectivity index (χ0) is 20.1. The molecule has 28 heavy (non-hydrogen) atoms. The van der Waals surface area contributed by atoms with Crippen molar-refractivity contribution in [2.75, 3.05) is 39.3 Å². The lowest BCUT2D eigenvalue weighted by Gasteiger charge is -2.34. The third-order valence-corrected chi connectivity index (χ3v) is 6.90. The summed E-state index contributed by atoms with van der Waals surface area (Å²) >= 11 is 3.37. The van der Waals surface area contributed by atoms with E-state index in [1.165, 1.54) is 16.4 Å². The number of aliphatic hydroxyl groups excluding tert-OH is 1. The first-order chi connectivity index (χ1) is 13.3. The van der Waals surface area contributed by atoms with Gasteiger partial charge in [0.25, 0.3) is 0 Å². The summed E-state index contributed by atoms with van der Waals surface area (Å²) in [6.07, 6.45) is -0.681. The monoisotopic (exact) mass is 472 g/mol. The van der Waals surface area contributed by atoms with E-state index in [1.807, 2.05) is 29.2 Å². The number of nitrogens with zero attached hydrogens (tertiary/aromatic N) is 2. The van der Waals surface area contributed by atoms with Crippen molar-refractivity contribution < 1.29 is 22.7 Å². The molecular formula is C19H22BrFN2O4S. The van der Waals surface area contributed by atoms with Crippen LogP contribution in [-0.4, -0.2) is 68.2 Å². The Morgan fingerprint density at radius 2 is 1.79 bits per heavy atom. The van der Waals surface area contributed by atoms with Gasteiger partial charge in [0.1, 0.15) is 24.3 Å². The highest BCUT2D eigenvalue weighted by Crippen LogP contribution is 2.19. The Bertz CT molecular complexity index is 887. The van der Waals surface area contributed by atoms with Crippen molar-refractivity contribution in [1.29, 1.82) is 0 Å². The number of β-amino-alcohol motifs (C(OH)–C–C–N with tert-alkyl or cyclic N) is 1. The number of hydrogen-bond acceptors (Lipinski definition) is 5. The van der Waals surface area contributed by atoms with Crippen LogP contribution < -0.4 is 4.74 Å². The number of piperazine rings is 1. The van der Waals surface area contributed by atoms with E-state index in [2.05, 4.69) is 15.9 Å². The van der Waals surface area contributed by atoms with Crippen LogP contribution in [0.3, 0.4) is 0 Å². The molecule has 9 heteroatoms. The van der Waals surface area contributed by atoms with Crippen LogP contribution in [0.4, 0.5) is 4.39 Å². The van der Waals surface area contributed by atoms with E-state index in [4.69, 9.17) is 4.74 Å². The topological polar surface area (TPSA) is 70.1 Å². The maximum atomic E-state index is 13.0. The molecule has 0 spiro atoms. The van der Waals surface area contributed by atoms with E-state index >= 15 is 0 Å². The number of sulfonamides is 1. The van der Waals surface area contributed by atoms with Crippen LogP contribution in [0, 0.1) is 5.82 Å². The fourth-order valence-electron chi connectivity index (χ4n) is 3.01. The first-order valence-corrected chi connectivity index (χ1v) is 11.1. The highest BCUT2D eigenvalue weighted by molar-refractivity contribution is 9.10. The molecule has 1 N–H and O–H groups in total. The van der Waals surface area contributed by atoms with Crippen molar-refractivity contribution in [2.45, 2.75) is 11.0 Å². The van der Waals surface area contributed by atoms with Crippen molar-refractivity contribution in [3.63, 3.8) is 0 Å². The molecule has 0 aliphatic carbocycles. The SMILES string of the molecule is O=S(=O)(c1ccc(F)cc1)N1CCN(C[C@@H](O)COc2cccc(Br)c2)CC1. The lowest BCUT2D eigenvalue weighted by atomic mass is 10.3. The minimum Gasteiger partial charge on any atom is -0.491 e. The molecule has 2 aromatic carbocycles. The maximum Gasteiger partial charge on any atom is 0.243 e. The maximum absolute atomic E-state index is 13.0. The number of rotatable bonds is 7. The predicted molar refractivity (Wildman–Crippen MR) is 107 cm³/mol. The number of ether oxygens (including phenoxy) is 1. The van der Waals surface area contributed by atoms with E-state index in [-0.39, 0.29) is 11.5 Å². The van der Waals surface area contributed by atoms with E-state index in [0.717, 1.165) is 16.6 Å². The lowest BCUT2D eigenvalue weighted by molar-refractivity contribution is 0.0569. The van der Waals surface area contributed by atoms with Crippen LogP contribution in [-0.2, 0) is 10.0 Å². The van der Waals surface area contributed by atoms with Crippen LogP contribution in [0.1, 0.15) is 0 Å². The summed E-state index contributed by atoms with van der Waals surface area (Å²) < 4.78 is 46.2. The molecule has 1 aliphatic rings. The molecule has 1 heterocycles. The van der Waals surface area contributed by atoms with Gasteiger partial charge in [-0.05, 0) is 42.5 Å². The zero-order valence-electron chi connectivity index (χ0n) is 15.2. The quantitative estimate of drug-likeness (QED) is 0.669. The Labute approximate surface area is 172 Å². The zero-order valence-corrected chi connectivity index (χ0v) is 17.6. The molecule has 1 atom stereocenters. The molecule has 3 rings (SSSR count). The largest absolute Gasteiger partial charge is 0.491 e.